The van der Waals surface area contributed by atoms with Gasteiger partial charge < -0.3 is 0 Å². The second-order valence-corrected chi connectivity index (χ2v) is 5.62. The fourth-order valence-corrected chi connectivity index (χ4v) is 3.37. The zero-order valence-corrected chi connectivity index (χ0v) is 11.1. The molecule has 4 aromatic rings. The summed E-state index contributed by atoms with van der Waals surface area (Å²) in [5.41, 5.74) is 3.05. The Balaban J connectivity index is 2.12. The van der Waals surface area contributed by atoms with E-state index in [0.29, 0.717) is 0 Å². The molecule has 1 aromatic carbocycles. The van der Waals surface area contributed by atoms with Crippen molar-refractivity contribution in [2.75, 3.05) is 0 Å². The first-order valence-electron chi connectivity index (χ1n) is 5.98. The summed E-state index contributed by atoms with van der Waals surface area (Å²) in [6.07, 6.45) is 3.72. The highest BCUT2D eigenvalue weighted by Crippen LogP contribution is 2.33. The molecule has 5 heteroatoms. The minimum absolute atomic E-state index is 0.912. The molecule has 19 heavy (non-hydrogen) atoms. The lowest BCUT2D eigenvalue weighted by Gasteiger charge is -2.02. The van der Waals surface area contributed by atoms with Crippen LogP contribution in [0.4, 0.5) is 0 Å². The summed E-state index contributed by atoms with van der Waals surface area (Å²) >= 11 is 1.73. The Kier molecular flexibility index (Phi) is 2.16. The molecular formula is C14H10N4S. The Morgan fingerprint density at radius 3 is 3.00 bits per heavy atom. The third-order valence-corrected chi connectivity index (χ3v) is 4.24. The molecule has 0 N–H and O–H groups in total. The zero-order chi connectivity index (χ0) is 12.8. The van der Waals surface area contributed by atoms with Gasteiger partial charge in [0.2, 0.25) is 0 Å². The SMILES string of the molecule is Cc1sc2cnccc2c1-n1nnc2ccccc21. The van der Waals surface area contributed by atoms with Crippen LogP contribution in [0.2, 0.25) is 0 Å². The van der Waals surface area contributed by atoms with E-state index >= 15 is 0 Å². The largest absolute Gasteiger partial charge is 0.263 e. The second kappa shape index (κ2) is 3.86. The summed E-state index contributed by atoms with van der Waals surface area (Å²) in [6, 6.07) is 10.0. The minimum atomic E-state index is 0.912. The summed E-state index contributed by atoms with van der Waals surface area (Å²) in [6.45, 7) is 2.11. The quantitative estimate of drug-likeness (QED) is 0.530. The number of aryl methyl sites for hydroxylation is 1. The number of pyridine rings is 1. The van der Waals surface area contributed by atoms with E-state index in [0.717, 1.165) is 16.7 Å². The summed E-state index contributed by atoms with van der Waals surface area (Å²) in [4.78, 5) is 5.40. The number of fused-ring (bicyclic) bond motifs is 2. The molecule has 0 atom stereocenters. The molecule has 3 heterocycles. The number of hydrogen-bond donors (Lipinski definition) is 0. The van der Waals surface area contributed by atoms with Gasteiger partial charge in [-0.15, -0.1) is 16.4 Å². The molecule has 0 aliphatic rings. The first kappa shape index (κ1) is 10.6. The summed E-state index contributed by atoms with van der Waals surface area (Å²) in [5.74, 6) is 0. The maximum atomic E-state index is 4.30. The monoisotopic (exact) mass is 266 g/mol. The Morgan fingerprint density at radius 1 is 1.16 bits per heavy atom. The maximum Gasteiger partial charge on any atom is 0.113 e. The van der Waals surface area contributed by atoms with Gasteiger partial charge in [-0.1, -0.05) is 17.3 Å². The third kappa shape index (κ3) is 1.48. The van der Waals surface area contributed by atoms with E-state index in [2.05, 4.69) is 22.2 Å². The number of para-hydroxylation sites is 1. The molecule has 0 saturated carbocycles. The van der Waals surface area contributed by atoms with Gasteiger partial charge in [0.1, 0.15) is 5.52 Å². The van der Waals surface area contributed by atoms with Gasteiger partial charge in [0.05, 0.1) is 15.9 Å². The van der Waals surface area contributed by atoms with Crippen LogP contribution in [0.5, 0.6) is 0 Å². The van der Waals surface area contributed by atoms with Crippen molar-refractivity contribution in [1.29, 1.82) is 0 Å². The maximum absolute atomic E-state index is 4.30. The number of nitrogens with zero attached hydrogens (tertiary/aromatic N) is 4. The van der Waals surface area contributed by atoms with E-state index in [-0.39, 0.29) is 0 Å². The van der Waals surface area contributed by atoms with Gasteiger partial charge in [-0.25, -0.2) is 4.68 Å². The van der Waals surface area contributed by atoms with Crippen LogP contribution in [0.3, 0.4) is 0 Å². The molecule has 0 radical (unpaired) electrons. The number of rotatable bonds is 1. The zero-order valence-electron chi connectivity index (χ0n) is 10.2. The van der Waals surface area contributed by atoms with E-state index in [1.165, 1.54) is 15.0 Å². The molecule has 0 bridgehead atoms. The lowest BCUT2D eigenvalue weighted by atomic mass is 10.2. The Morgan fingerprint density at radius 2 is 2.05 bits per heavy atom. The van der Waals surface area contributed by atoms with Crippen molar-refractivity contribution in [2.45, 2.75) is 6.92 Å². The van der Waals surface area contributed by atoms with Crippen molar-refractivity contribution in [2.24, 2.45) is 0 Å². The highest BCUT2D eigenvalue weighted by Gasteiger charge is 2.14. The molecule has 0 aliphatic carbocycles. The average molecular weight is 266 g/mol. The Labute approximate surface area is 113 Å². The molecular weight excluding hydrogens is 256 g/mol. The number of thiophene rings is 1. The summed E-state index contributed by atoms with van der Waals surface area (Å²) in [7, 11) is 0. The smallest absolute Gasteiger partial charge is 0.113 e. The van der Waals surface area contributed by atoms with Crippen molar-refractivity contribution >= 4 is 32.5 Å². The van der Waals surface area contributed by atoms with Gasteiger partial charge in [0.25, 0.3) is 0 Å². The fourth-order valence-electron chi connectivity index (χ4n) is 2.36. The summed E-state index contributed by atoms with van der Waals surface area (Å²) < 4.78 is 3.10. The van der Waals surface area contributed by atoms with Gasteiger partial charge in [0, 0.05) is 22.7 Å². The van der Waals surface area contributed by atoms with Crippen LogP contribution in [-0.2, 0) is 0 Å². The van der Waals surface area contributed by atoms with Crippen LogP contribution in [0.15, 0.2) is 42.7 Å². The average Bonchev–Trinajstić information content (AvgIpc) is 2.98. The van der Waals surface area contributed by atoms with E-state index in [1.807, 2.05) is 47.4 Å². The molecule has 0 fully saturated rings. The molecule has 0 aliphatic heterocycles. The van der Waals surface area contributed by atoms with Crippen LogP contribution in [0.1, 0.15) is 4.88 Å². The fraction of sp³-hybridized carbons (Fsp3) is 0.0714. The Bertz CT molecular complexity index is 891. The number of hydrogen-bond acceptors (Lipinski definition) is 4. The molecule has 0 unspecified atom stereocenters. The van der Waals surface area contributed by atoms with Crippen LogP contribution in [0, 0.1) is 6.92 Å². The normalized spacial score (nSPS) is 11.4. The molecule has 92 valence electrons. The third-order valence-electron chi connectivity index (χ3n) is 3.20. The van der Waals surface area contributed by atoms with E-state index in [4.69, 9.17) is 0 Å². The molecule has 4 rings (SSSR count). The molecule has 0 spiro atoms. The second-order valence-electron chi connectivity index (χ2n) is 4.37. The predicted molar refractivity (Wildman–Crippen MR) is 76.8 cm³/mol. The number of aromatic nitrogens is 4. The van der Waals surface area contributed by atoms with Gasteiger partial charge in [-0.3, -0.25) is 4.98 Å². The first-order valence-corrected chi connectivity index (χ1v) is 6.80. The highest BCUT2D eigenvalue weighted by molar-refractivity contribution is 7.19. The van der Waals surface area contributed by atoms with Gasteiger partial charge in [-0.05, 0) is 25.1 Å². The van der Waals surface area contributed by atoms with Crippen molar-refractivity contribution in [3.8, 4) is 5.69 Å². The van der Waals surface area contributed by atoms with E-state index < -0.39 is 0 Å². The highest BCUT2D eigenvalue weighted by atomic mass is 32.1. The first-order chi connectivity index (χ1) is 9.34. The van der Waals surface area contributed by atoms with Crippen molar-refractivity contribution in [3.05, 3.63) is 47.6 Å². The van der Waals surface area contributed by atoms with Gasteiger partial charge in [0.15, 0.2) is 0 Å². The predicted octanol–water partition coefficient (Wildman–Crippen LogP) is 3.34. The van der Waals surface area contributed by atoms with Gasteiger partial charge >= 0.3 is 0 Å². The van der Waals surface area contributed by atoms with Crippen molar-refractivity contribution in [1.82, 2.24) is 20.0 Å². The lowest BCUT2D eigenvalue weighted by molar-refractivity contribution is 0.827. The molecule has 3 aromatic heterocycles. The van der Waals surface area contributed by atoms with Crippen LogP contribution in [-0.4, -0.2) is 20.0 Å². The van der Waals surface area contributed by atoms with Gasteiger partial charge in [-0.2, -0.15) is 0 Å². The minimum Gasteiger partial charge on any atom is -0.263 e. The summed E-state index contributed by atoms with van der Waals surface area (Å²) in [5, 5.41) is 9.70. The topological polar surface area (TPSA) is 43.6 Å². The number of benzene rings is 1. The standard InChI is InChI=1S/C14H10N4S/c1-9-14(10-6-7-15-8-13(10)19-9)18-12-5-3-2-4-11(12)16-17-18/h2-8H,1H3. The van der Waals surface area contributed by atoms with Crippen molar-refractivity contribution < 1.29 is 0 Å². The van der Waals surface area contributed by atoms with E-state index in [1.54, 1.807) is 11.3 Å². The molecule has 0 amide bonds. The molecule has 0 saturated heterocycles. The van der Waals surface area contributed by atoms with Crippen molar-refractivity contribution in [3.63, 3.8) is 0 Å². The van der Waals surface area contributed by atoms with Crippen LogP contribution in [0.25, 0.3) is 26.8 Å². The van der Waals surface area contributed by atoms with E-state index in [9.17, 15) is 0 Å². The van der Waals surface area contributed by atoms with Crippen LogP contribution >= 0.6 is 11.3 Å². The molecule has 4 nitrogen and oxygen atoms in total. The van der Waals surface area contributed by atoms with Crippen LogP contribution < -0.4 is 0 Å². The lowest BCUT2D eigenvalue weighted by Crippen LogP contribution is -1.97. The Hall–Kier alpha value is -2.27.